The van der Waals surface area contributed by atoms with Crippen LogP contribution in [0.1, 0.15) is 27.0 Å². The summed E-state index contributed by atoms with van der Waals surface area (Å²) in [5, 5.41) is 4.55. The van der Waals surface area contributed by atoms with Crippen LogP contribution < -0.4 is 0 Å². The molecule has 6 heteroatoms. The molecule has 2 heterocycles. The van der Waals surface area contributed by atoms with Gasteiger partial charge in [-0.05, 0) is 56.8 Å². The summed E-state index contributed by atoms with van der Waals surface area (Å²) in [6, 6.07) is 18.3. The van der Waals surface area contributed by atoms with Crippen LogP contribution in [0, 0.1) is 13.8 Å². The molecule has 0 aliphatic carbocycles. The van der Waals surface area contributed by atoms with Crippen molar-refractivity contribution in [2.75, 3.05) is 27.2 Å². The van der Waals surface area contributed by atoms with Crippen LogP contribution in [0.4, 0.5) is 0 Å². The molecule has 32 heavy (non-hydrogen) atoms. The van der Waals surface area contributed by atoms with Gasteiger partial charge in [0.25, 0.3) is 5.91 Å². The molecule has 4 aromatic rings. The van der Waals surface area contributed by atoms with Crippen molar-refractivity contribution < 1.29 is 4.79 Å². The zero-order valence-electron chi connectivity index (χ0n) is 19.1. The first kappa shape index (κ1) is 21.7. The first-order valence-corrected chi connectivity index (χ1v) is 10.8. The van der Waals surface area contributed by atoms with Gasteiger partial charge in [-0.25, -0.2) is 9.50 Å². The molecular formula is C26H29N5O. The van der Waals surface area contributed by atoms with Gasteiger partial charge in [-0.15, -0.1) is 0 Å². The van der Waals surface area contributed by atoms with E-state index >= 15 is 0 Å². The van der Waals surface area contributed by atoms with Crippen molar-refractivity contribution in [2.24, 2.45) is 0 Å². The van der Waals surface area contributed by atoms with E-state index in [0.29, 0.717) is 24.3 Å². The van der Waals surface area contributed by atoms with Gasteiger partial charge in [0.05, 0.1) is 11.9 Å². The summed E-state index contributed by atoms with van der Waals surface area (Å²) in [7, 11) is 4.02. The second kappa shape index (κ2) is 9.32. The van der Waals surface area contributed by atoms with Crippen LogP contribution in [-0.4, -0.2) is 57.5 Å². The van der Waals surface area contributed by atoms with Gasteiger partial charge in [0.2, 0.25) is 0 Å². The van der Waals surface area contributed by atoms with E-state index < -0.39 is 0 Å². The summed E-state index contributed by atoms with van der Waals surface area (Å²) in [5.41, 5.74) is 6.62. The molecule has 0 spiro atoms. The molecule has 6 nitrogen and oxygen atoms in total. The molecule has 0 bridgehead atoms. The van der Waals surface area contributed by atoms with Gasteiger partial charge < -0.3 is 9.80 Å². The van der Waals surface area contributed by atoms with E-state index in [4.69, 9.17) is 0 Å². The normalized spacial score (nSPS) is 11.3. The Hall–Kier alpha value is -3.51. The summed E-state index contributed by atoms with van der Waals surface area (Å²) in [4.78, 5) is 22.1. The number of hydrogen-bond donors (Lipinski definition) is 0. The van der Waals surface area contributed by atoms with E-state index in [0.717, 1.165) is 23.4 Å². The molecule has 0 atom stereocenters. The first-order chi connectivity index (χ1) is 15.4. The highest BCUT2D eigenvalue weighted by Crippen LogP contribution is 2.24. The fourth-order valence-electron chi connectivity index (χ4n) is 3.71. The van der Waals surface area contributed by atoms with E-state index in [9.17, 15) is 4.79 Å². The van der Waals surface area contributed by atoms with Crippen molar-refractivity contribution >= 4 is 11.6 Å². The topological polar surface area (TPSA) is 53.7 Å². The maximum atomic E-state index is 13.6. The van der Waals surface area contributed by atoms with Crippen molar-refractivity contribution in [1.82, 2.24) is 24.4 Å². The van der Waals surface area contributed by atoms with Gasteiger partial charge in [-0.2, -0.15) is 5.10 Å². The molecule has 0 saturated carbocycles. The molecule has 0 unspecified atom stereocenters. The van der Waals surface area contributed by atoms with Gasteiger partial charge in [0.1, 0.15) is 5.56 Å². The molecule has 2 aromatic carbocycles. The predicted molar refractivity (Wildman–Crippen MR) is 128 cm³/mol. The molecule has 4 rings (SSSR count). The fourth-order valence-corrected chi connectivity index (χ4v) is 3.71. The predicted octanol–water partition coefficient (Wildman–Crippen LogP) is 4.22. The number of carbonyl (C=O) groups is 1. The van der Waals surface area contributed by atoms with Gasteiger partial charge in [-0.1, -0.05) is 42.5 Å². The van der Waals surface area contributed by atoms with Gasteiger partial charge >= 0.3 is 0 Å². The number of amides is 1. The lowest BCUT2D eigenvalue weighted by molar-refractivity contribution is 0.0733. The van der Waals surface area contributed by atoms with Crippen LogP contribution in [-0.2, 0) is 6.54 Å². The average molecular weight is 428 g/mol. The highest BCUT2D eigenvalue weighted by molar-refractivity contribution is 6.00. The first-order valence-electron chi connectivity index (χ1n) is 10.8. The van der Waals surface area contributed by atoms with Crippen molar-refractivity contribution in [2.45, 2.75) is 20.4 Å². The number of fused-ring (bicyclic) bond motifs is 1. The Kier molecular flexibility index (Phi) is 6.32. The van der Waals surface area contributed by atoms with Crippen LogP contribution in [0.25, 0.3) is 16.9 Å². The summed E-state index contributed by atoms with van der Waals surface area (Å²) in [6.07, 6.45) is 3.39. The number of hydrogen-bond acceptors (Lipinski definition) is 4. The van der Waals surface area contributed by atoms with Crippen molar-refractivity contribution in [1.29, 1.82) is 0 Å². The second-order valence-corrected chi connectivity index (χ2v) is 8.44. The minimum atomic E-state index is -0.0598. The Balaban J connectivity index is 1.70. The number of nitrogens with zero attached hydrogens (tertiary/aromatic N) is 5. The molecule has 0 saturated heterocycles. The number of aromatic nitrogens is 3. The Morgan fingerprint density at radius 3 is 2.47 bits per heavy atom. The maximum absolute atomic E-state index is 13.6. The largest absolute Gasteiger partial charge is 0.333 e. The third kappa shape index (κ3) is 4.55. The highest BCUT2D eigenvalue weighted by Gasteiger charge is 2.22. The molecule has 164 valence electrons. The number of rotatable bonds is 7. The van der Waals surface area contributed by atoms with Gasteiger partial charge in [-0.3, -0.25) is 4.79 Å². The van der Waals surface area contributed by atoms with Crippen molar-refractivity contribution in [3.8, 4) is 11.3 Å². The molecule has 0 aliphatic rings. The Labute approximate surface area is 189 Å². The molecule has 2 aromatic heterocycles. The van der Waals surface area contributed by atoms with Gasteiger partial charge in [0, 0.05) is 31.4 Å². The average Bonchev–Trinajstić information content (AvgIpc) is 3.23. The van der Waals surface area contributed by atoms with Crippen molar-refractivity contribution in [3.63, 3.8) is 0 Å². The lowest BCUT2D eigenvalue weighted by Gasteiger charge is -2.24. The van der Waals surface area contributed by atoms with E-state index in [-0.39, 0.29) is 5.91 Å². The summed E-state index contributed by atoms with van der Waals surface area (Å²) in [5.74, 6) is -0.0598. The standard InChI is InChI=1S/C26H29N5O/c1-19-10-11-22(16-20(19)2)24-12-13-27-25-23(17-28-31(24)25)26(32)30(15-14-29(3)4)18-21-8-6-5-7-9-21/h5-13,16-17H,14-15,18H2,1-4H3. The number of aryl methyl sites for hydroxylation is 2. The SMILES string of the molecule is Cc1ccc(-c2ccnc3c(C(=O)N(CCN(C)C)Cc4ccccc4)cnn23)cc1C. The minimum Gasteiger partial charge on any atom is -0.333 e. The third-order valence-corrected chi connectivity index (χ3v) is 5.75. The molecule has 0 fully saturated rings. The number of likely N-dealkylation sites (N-methyl/N-ethyl adjacent to an activating group) is 1. The summed E-state index contributed by atoms with van der Waals surface area (Å²) < 4.78 is 1.77. The van der Waals surface area contributed by atoms with Crippen LogP contribution in [0.5, 0.6) is 0 Å². The van der Waals surface area contributed by atoms with E-state index in [1.54, 1.807) is 16.9 Å². The molecule has 0 aliphatic heterocycles. The smallest absolute Gasteiger partial charge is 0.259 e. The molecular weight excluding hydrogens is 398 g/mol. The monoisotopic (exact) mass is 427 g/mol. The maximum Gasteiger partial charge on any atom is 0.259 e. The van der Waals surface area contributed by atoms with Crippen molar-refractivity contribution in [3.05, 3.63) is 89.2 Å². The van der Waals surface area contributed by atoms with Crippen LogP contribution in [0.15, 0.2) is 67.0 Å². The van der Waals surface area contributed by atoms with Crippen LogP contribution in [0.2, 0.25) is 0 Å². The summed E-state index contributed by atoms with van der Waals surface area (Å²) >= 11 is 0. The second-order valence-electron chi connectivity index (χ2n) is 8.44. The van der Waals surface area contributed by atoms with E-state index in [2.05, 4.69) is 47.0 Å². The van der Waals surface area contributed by atoms with Gasteiger partial charge in [0.15, 0.2) is 5.65 Å². The quantitative estimate of drug-likeness (QED) is 0.443. The Morgan fingerprint density at radius 1 is 0.969 bits per heavy atom. The molecule has 0 N–H and O–H groups in total. The highest BCUT2D eigenvalue weighted by atomic mass is 16.2. The number of carbonyl (C=O) groups excluding carboxylic acids is 1. The Bertz CT molecular complexity index is 1230. The summed E-state index contributed by atoms with van der Waals surface area (Å²) in [6.45, 7) is 6.14. The zero-order chi connectivity index (χ0) is 22.7. The molecule has 0 radical (unpaired) electrons. The minimum absolute atomic E-state index is 0.0598. The zero-order valence-corrected chi connectivity index (χ0v) is 19.1. The third-order valence-electron chi connectivity index (χ3n) is 5.75. The molecule has 1 amide bonds. The van der Waals surface area contributed by atoms with E-state index in [1.165, 1.54) is 11.1 Å². The van der Waals surface area contributed by atoms with Crippen LogP contribution >= 0.6 is 0 Å². The lowest BCUT2D eigenvalue weighted by atomic mass is 10.0. The van der Waals surface area contributed by atoms with E-state index in [1.807, 2.05) is 55.4 Å². The fraction of sp³-hybridized carbons (Fsp3) is 0.269. The Morgan fingerprint density at radius 2 is 1.75 bits per heavy atom. The van der Waals surface area contributed by atoms with Crippen LogP contribution in [0.3, 0.4) is 0 Å². The number of benzene rings is 2. The lowest BCUT2D eigenvalue weighted by Crippen LogP contribution is -2.36.